The summed E-state index contributed by atoms with van der Waals surface area (Å²) in [5.41, 5.74) is -2.46. The Morgan fingerprint density at radius 1 is 0.731 bits per heavy atom. The van der Waals surface area contributed by atoms with Crippen molar-refractivity contribution in [1.29, 1.82) is 0 Å². The SMILES string of the molecule is CCCCCCCCC(=O)C(O)(C(=O)CCCCCCCC)C(O)CO. The maximum Gasteiger partial charge on any atom is 0.209 e. The molecule has 0 aliphatic rings. The number of carbonyl (C=O) groups excluding carboxylic acids is 2. The van der Waals surface area contributed by atoms with E-state index >= 15 is 0 Å². The van der Waals surface area contributed by atoms with Crippen molar-refractivity contribution in [2.75, 3.05) is 6.61 Å². The first kappa shape index (κ1) is 25.2. The van der Waals surface area contributed by atoms with E-state index in [-0.39, 0.29) is 12.8 Å². The van der Waals surface area contributed by atoms with Crippen molar-refractivity contribution in [2.24, 2.45) is 0 Å². The highest BCUT2D eigenvalue weighted by Gasteiger charge is 2.48. The second kappa shape index (κ2) is 15.3. The van der Waals surface area contributed by atoms with Crippen LogP contribution < -0.4 is 0 Å². The molecule has 0 aliphatic carbocycles. The number of hydrogen-bond donors (Lipinski definition) is 3. The molecule has 0 heterocycles. The van der Waals surface area contributed by atoms with E-state index in [0.29, 0.717) is 12.8 Å². The van der Waals surface area contributed by atoms with Gasteiger partial charge in [-0.25, -0.2) is 0 Å². The van der Waals surface area contributed by atoms with Crippen LogP contribution in [0.3, 0.4) is 0 Å². The summed E-state index contributed by atoms with van der Waals surface area (Å²) in [5.74, 6) is -1.32. The Hall–Kier alpha value is -0.780. The van der Waals surface area contributed by atoms with Crippen LogP contribution in [0.1, 0.15) is 104 Å². The van der Waals surface area contributed by atoms with Crippen LogP contribution in [0.25, 0.3) is 0 Å². The highest BCUT2D eigenvalue weighted by atomic mass is 16.4. The number of Topliss-reactive ketones (excluding diaryl/α,β-unsaturated/α-hetero) is 2. The Bertz CT molecular complexity index is 353. The van der Waals surface area contributed by atoms with Gasteiger partial charge in [0.15, 0.2) is 11.6 Å². The van der Waals surface area contributed by atoms with Gasteiger partial charge in [-0.1, -0.05) is 78.1 Å². The average Bonchev–Trinajstić information content (AvgIpc) is 2.65. The number of ketones is 2. The van der Waals surface area contributed by atoms with Gasteiger partial charge in [0.05, 0.1) is 6.61 Å². The maximum atomic E-state index is 12.4. The van der Waals surface area contributed by atoms with Crippen LogP contribution in [0.5, 0.6) is 0 Å². The minimum absolute atomic E-state index is 0.0575. The van der Waals surface area contributed by atoms with E-state index in [1.54, 1.807) is 0 Å². The normalized spacial score (nSPS) is 13.0. The van der Waals surface area contributed by atoms with Gasteiger partial charge in [-0.15, -0.1) is 0 Å². The highest BCUT2D eigenvalue weighted by molar-refractivity contribution is 6.10. The minimum Gasteiger partial charge on any atom is -0.394 e. The molecule has 0 amide bonds. The lowest BCUT2D eigenvalue weighted by molar-refractivity contribution is -0.166. The predicted molar refractivity (Wildman–Crippen MR) is 104 cm³/mol. The van der Waals surface area contributed by atoms with E-state index < -0.39 is 29.9 Å². The molecule has 0 radical (unpaired) electrons. The molecular formula is C21H40O5. The summed E-state index contributed by atoms with van der Waals surface area (Å²) in [4.78, 5) is 24.9. The van der Waals surface area contributed by atoms with Gasteiger partial charge in [0.1, 0.15) is 6.10 Å². The number of unbranched alkanes of at least 4 members (excludes halogenated alkanes) is 10. The molecule has 1 atom stereocenters. The van der Waals surface area contributed by atoms with Crippen molar-refractivity contribution >= 4 is 11.6 Å². The van der Waals surface area contributed by atoms with Gasteiger partial charge in [0.25, 0.3) is 0 Å². The van der Waals surface area contributed by atoms with E-state index in [0.717, 1.165) is 64.2 Å². The molecule has 0 fully saturated rings. The van der Waals surface area contributed by atoms with Crippen LogP contribution in [-0.4, -0.2) is 45.2 Å². The largest absolute Gasteiger partial charge is 0.394 e. The second-order valence-electron chi connectivity index (χ2n) is 7.35. The summed E-state index contributed by atoms with van der Waals surface area (Å²) in [7, 11) is 0. The Balaban J connectivity index is 4.47. The summed E-state index contributed by atoms with van der Waals surface area (Å²) >= 11 is 0. The first-order chi connectivity index (χ1) is 12.4. The number of hydrogen-bond acceptors (Lipinski definition) is 5. The first-order valence-electron chi connectivity index (χ1n) is 10.5. The molecule has 0 spiro atoms. The minimum atomic E-state index is -2.46. The number of rotatable bonds is 18. The topological polar surface area (TPSA) is 94.8 Å². The van der Waals surface area contributed by atoms with Gasteiger partial charge in [0, 0.05) is 12.8 Å². The van der Waals surface area contributed by atoms with Crippen molar-refractivity contribution in [1.82, 2.24) is 0 Å². The smallest absolute Gasteiger partial charge is 0.209 e. The zero-order valence-electron chi connectivity index (χ0n) is 16.8. The van der Waals surface area contributed by atoms with Gasteiger partial charge in [-0.2, -0.15) is 0 Å². The Kier molecular flexibility index (Phi) is 14.8. The molecule has 0 rings (SSSR count). The first-order valence-corrected chi connectivity index (χ1v) is 10.5. The summed E-state index contributed by atoms with van der Waals surface area (Å²) in [6.45, 7) is 3.46. The maximum absolute atomic E-state index is 12.4. The fourth-order valence-electron chi connectivity index (χ4n) is 3.17. The van der Waals surface area contributed by atoms with E-state index in [4.69, 9.17) is 0 Å². The van der Waals surface area contributed by atoms with E-state index in [1.165, 1.54) is 0 Å². The molecule has 3 N–H and O–H groups in total. The molecule has 0 aromatic rings. The standard InChI is InChI=1S/C21H40O5/c1-3-5-7-9-11-13-15-18(23)21(26,20(25)17-22)19(24)16-14-12-10-8-6-4-2/h20,22,25-26H,3-17H2,1-2H3. The van der Waals surface area contributed by atoms with Gasteiger partial charge in [0.2, 0.25) is 5.60 Å². The van der Waals surface area contributed by atoms with Crippen LogP contribution in [0.4, 0.5) is 0 Å². The van der Waals surface area contributed by atoms with Crippen LogP contribution in [0.15, 0.2) is 0 Å². The van der Waals surface area contributed by atoms with Gasteiger partial charge < -0.3 is 15.3 Å². The van der Waals surface area contributed by atoms with Gasteiger partial charge >= 0.3 is 0 Å². The summed E-state index contributed by atoms with van der Waals surface area (Å²) < 4.78 is 0. The quantitative estimate of drug-likeness (QED) is 0.252. The molecule has 0 saturated carbocycles. The van der Waals surface area contributed by atoms with Crippen molar-refractivity contribution in [2.45, 2.75) is 115 Å². The van der Waals surface area contributed by atoms with Crippen molar-refractivity contribution in [3.8, 4) is 0 Å². The van der Waals surface area contributed by atoms with E-state index in [9.17, 15) is 24.9 Å². The number of carbonyl (C=O) groups is 2. The number of aliphatic hydroxyl groups is 3. The Morgan fingerprint density at radius 3 is 1.42 bits per heavy atom. The lowest BCUT2D eigenvalue weighted by atomic mass is 9.82. The zero-order valence-corrected chi connectivity index (χ0v) is 16.8. The molecule has 0 bridgehead atoms. The van der Waals surface area contributed by atoms with Crippen molar-refractivity contribution in [3.05, 3.63) is 0 Å². The molecular weight excluding hydrogens is 332 g/mol. The molecule has 0 aromatic heterocycles. The molecule has 0 aromatic carbocycles. The summed E-state index contributed by atoms with van der Waals surface area (Å²) in [6, 6.07) is 0. The molecule has 26 heavy (non-hydrogen) atoms. The molecule has 154 valence electrons. The highest BCUT2D eigenvalue weighted by Crippen LogP contribution is 2.22. The van der Waals surface area contributed by atoms with Crippen LogP contribution in [0, 0.1) is 0 Å². The third kappa shape index (κ3) is 9.24. The third-order valence-electron chi connectivity index (χ3n) is 5.02. The zero-order chi connectivity index (χ0) is 19.8. The third-order valence-corrected chi connectivity index (χ3v) is 5.02. The van der Waals surface area contributed by atoms with E-state index in [1.807, 2.05) is 0 Å². The van der Waals surface area contributed by atoms with Crippen molar-refractivity contribution in [3.63, 3.8) is 0 Å². The average molecular weight is 373 g/mol. The molecule has 0 saturated heterocycles. The van der Waals surface area contributed by atoms with Crippen molar-refractivity contribution < 1.29 is 24.9 Å². The summed E-state index contributed by atoms with van der Waals surface area (Å²) in [6.07, 6.45) is 10.2. The van der Waals surface area contributed by atoms with E-state index in [2.05, 4.69) is 13.8 Å². The number of aliphatic hydroxyl groups excluding tert-OH is 2. The Morgan fingerprint density at radius 2 is 1.08 bits per heavy atom. The predicted octanol–water partition coefficient (Wildman–Crippen LogP) is 3.71. The molecule has 5 heteroatoms. The summed E-state index contributed by atoms with van der Waals surface area (Å²) in [5, 5.41) is 29.7. The lowest BCUT2D eigenvalue weighted by Gasteiger charge is -2.29. The molecule has 1 unspecified atom stereocenters. The monoisotopic (exact) mass is 372 g/mol. The fourth-order valence-corrected chi connectivity index (χ4v) is 3.17. The Labute approximate surface area is 159 Å². The fraction of sp³-hybridized carbons (Fsp3) is 0.905. The van der Waals surface area contributed by atoms with Crippen LogP contribution >= 0.6 is 0 Å². The molecule has 0 aliphatic heterocycles. The lowest BCUT2D eigenvalue weighted by Crippen LogP contribution is -2.57. The van der Waals surface area contributed by atoms with Crippen LogP contribution in [0.2, 0.25) is 0 Å². The van der Waals surface area contributed by atoms with Gasteiger partial charge in [-0.05, 0) is 12.8 Å². The molecule has 5 nitrogen and oxygen atoms in total. The van der Waals surface area contributed by atoms with Crippen LogP contribution in [-0.2, 0) is 9.59 Å². The second-order valence-corrected chi connectivity index (χ2v) is 7.35. The van der Waals surface area contributed by atoms with Gasteiger partial charge in [-0.3, -0.25) is 9.59 Å².